The molecule has 1 aliphatic heterocycles. The van der Waals surface area contributed by atoms with Crippen LogP contribution in [0.1, 0.15) is 32.6 Å². The topological polar surface area (TPSA) is 41.6 Å². The molecule has 1 N–H and O–H groups in total. The number of nitrogens with one attached hydrogen (secondary N) is 1. The van der Waals surface area contributed by atoms with Crippen LogP contribution < -0.4 is 10.1 Å². The van der Waals surface area contributed by atoms with E-state index in [1.54, 1.807) is 0 Å². The second kappa shape index (κ2) is 7.17. The monoisotopic (exact) mass is 276 g/mol. The summed E-state index contributed by atoms with van der Waals surface area (Å²) in [5.41, 5.74) is 1.03. The summed E-state index contributed by atoms with van der Waals surface area (Å²) in [4.78, 5) is 14.2. The lowest BCUT2D eigenvalue weighted by Gasteiger charge is -2.35. The highest BCUT2D eigenvalue weighted by Gasteiger charge is 2.25. The van der Waals surface area contributed by atoms with Crippen molar-refractivity contribution in [2.75, 3.05) is 25.5 Å². The van der Waals surface area contributed by atoms with Gasteiger partial charge in [-0.3, -0.25) is 4.79 Å². The first-order valence-corrected chi connectivity index (χ1v) is 7.44. The first-order valence-electron chi connectivity index (χ1n) is 7.44. The molecule has 20 heavy (non-hydrogen) atoms. The van der Waals surface area contributed by atoms with Crippen LogP contribution in [0, 0.1) is 0 Å². The fourth-order valence-corrected chi connectivity index (χ4v) is 2.70. The van der Waals surface area contributed by atoms with Gasteiger partial charge in [-0.1, -0.05) is 6.92 Å². The lowest BCUT2D eigenvalue weighted by atomic mass is 10.00. The van der Waals surface area contributed by atoms with Crippen molar-refractivity contribution in [2.45, 2.75) is 38.6 Å². The molecule has 1 aromatic rings. The Hall–Kier alpha value is -1.71. The Balaban J connectivity index is 1.87. The Kier molecular flexibility index (Phi) is 5.27. The van der Waals surface area contributed by atoms with E-state index in [0.29, 0.717) is 6.04 Å². The maximum atomic E-state index is 12.3. The molecule has 0 aliphatic carbocycles. The van der Waals surface area contributed by atoms with Crippen molar-refractivity contribution in [1.29, 1.82) is 0 Å². The summed E-state index contributed by atoms with van der Waals surface area (Å²) in [6, 6.07) is 8.04. The van der Waals surface area contributed by atoms with Crippen LogP contribution in [0.5, 0.6) is 5.75 Å². The number of ether oxygens (including phenoxy) is 1. The molecule has 0 aromatic heterocycles. The zero-order valence-electron chi connectivity index (χ0n) is 12.4. The fourth-order valence-electron chi connectivity index (χ4n) is 2.70. The summed E-state index contributed by atoms with van der Waals surface area (Å²) in [5.74, 6) is 0.844. The summed E-state index contributed by atoms with van der Waals surface area (Å²) in [7, 11) is 1.88. The van der Waals surface area contributed by atoms with Crippen molar-refractivity contribution >= 4 is 11.6 Å². The minimum absolute atomic E-state index is 0.106. The third-order valence-corrected chi connectivity index (χ3v) is 3.92. The Morgan fingerprint density at radius 2 is 2.10 bits per heavy atom. The molecule has 0 radical (unpaired) electrons. The molecule has 1 saturated heterocycles. The molecule has 4 nitrogen and oxygen atoms in total. The second-order valence-electron chi connectivity index (χ2n) is 5.21. The molecule has 1 amide bonds. The molecule has 4 heteroatoms. The third kappa shape index (κ3) is 3.65. The molecular weight excluding hydrogens is 252 g/mol. The third-order valence-electron chi connectivity index (χ3n) is 3.92. The van der Waals surface area contributed by atoms with Gasteiger partial charge in [0.1, 0.15) is 5.75 Å². The number of hydrogen-bond acceptors (Lipinski definition) is 3. The minimum Gasteiger partial charge on any atom is -0.484 e. The first-order chi connectivity index (χ1) is 9.74. The highest BCUT2D eigenvalue weighted by atomic mass is 16.5. The Morgan fingerprint density at radius 1 is 1.35 bits per heavy atom. The summed E-state index contributed by atoms with van der Waals surface area (Å²) in [6.07, 6.45) is 4.50. The van der Waals surface area contributed by atoms with Gasteiger partial charge in [0.2, 0.25) is 0 Å². The molecule has 1 aromatic carbocycles. The number of benzene rings is 1. The van der Waals surface area contributed by atoms with E-state index in [-0.39, 0.29) is 12.5 Å². The number of likely N-dealkylation sites (tertiary alicyclic amines) is 1. The van der Waals surface area contributed by atoms with Gasteiger partial charge in [0.05, 0.1) is 0 Å². The van der Waals surface area contributed by atoms with Gasteiger partial charge in [-0.05, 0) is 49.9 Å². The van der Waals surface area contributed by atoms with Crippen LogP contribution in [0.15, 0.2) is 24.3 Å². The summed E-state index contributed by atoms with van der Waals surface area (Å²) in [6.45, 7) is 3.16. The molecule has 0 saturated carbocycles. The molecule has 1 atom stereocenters. The van der Waals surface area contributed by atoms with Crippen LogP contribution in [-0.2, 0) is 4.79 Å². The molecule has 0 spiro atoms. The lowest BCUT2D eigenvalue weighted by molar-refractivity contribution is -0.137. The van der Waals surface area contributed by atoms with E-state index < -0.39 is 0 Å². The molecule has 1 heterocycles. The van der Waals surface area contributed by atoms with Gasteiger partial charge in [0.25, 0.3) is 5.91 Å². The molecule has 0 bridgehead atoms. The number of rotatable bonds is 5. The molecule has 2 rings (SSSR count). The van der Waals surface area contributed by atoms with E-state index in [1.165, 1.54) is 6.42 Å². The number of nitrogens with zero attached hydrogens (tertiary/aromatic N) is 1. The van der Waals surface area contributed by atoms with E-state index in [2.05, 4.69) is 12.2 Å². The summed E-state index contributed by atoms with van der Waals surface area (Å²) >= 11 is 0. The standard InChI is InChI=1S/C16H24N2O2/c1-3-14-6-4-5-11-18(14)16(19)12-20-15-9-7-13(17-2)8-10-15/h7-10,14,17H,3-6,11-12H2,1-2H3. The van der Waals surface area contributed by atoms with E-state index in [4.69, 9.17) is 4.74 Å². The number of anilines is 1. The summed E-state index contributed by atoms with van der Waals surface area (Å²) in [5, 5.41) is 3.05. The predicted octanol–water partition coefficient (Wildman–Crippen LogP) is 2.90. The lowest BCUT2D eigenvalue weighted by Crippen LogP contribution is -2.45. The van der Waals surface area contributed by atoms with E-state index in [1.807, 2.05) is 36.2 Å². The molecular formula is C16H24N2O2. The number of amides is 1. The highest BCUT2D eigenvalue weighted by molar-refractivity contribution is 5.78. The largest absolute Gasteiger partial charge is 0.484 e. The van der Waals surface area contributed by atoms with Crippen molar-refractivity contribution in [1.82, 2.24) is 4.90 Å². The van der Waals surface area contributed by atoms with Crippen LogP contribution in [0.2, 0.25) is 0 Å². The number of hydrogen-bond donors (Lipinski definition) is 1. The fraction of sp³-hybridized carbons (Fsp3) is 0.562. The normalized spacial score (nSPS) is 18.7. The highest BCUT2D eigenvalue weighted by Crippen LogP contribution is 2.20. The number of piperidine rings is 1. The average Bonchev–Trinajstić information content (AvgIpc) is 2.53. The van der Waals surface area contributed by atoms with Crippen molar-refractivity contribution in [3.8, 4) is 5.75 Å². The van der Waals surface area contributed by atoms with Gasteiger partial charge >= 0.3 is 0 Å². The van der Waals surface area contributed by atoms with Gasteiger partial charge in [0, 0.05) is 25.3 Å². The molecule has 1 unspecified atom stereocenters. The van der Waals surface area contributed by atoms with Gasteiger partial charge in [-0.15, -0.1) is 0 Å². The van der Waals surface area contributed by atoms with Crippen molar-refractivity contribution < 1.29 is 9.53 Å². The van der Waals surface area contributed by atoms with Crippen LogP contribution in [0.4, 0.5) is 5.69 Å². The quantitative estimate of drug-likeness (QED) is 0.899. The Labute approximate surface area is 121 Å². The second-order valence-corrected chi connectivity index (χ2v) is 5.21. The van der Waals surface area contributed by atoms with Crippen molar-refractivity contribution in [3.63, 3.8) is 0 Å². The van der Waals surface area contributed by atoms with Crippen molar-refractivity contribution in [3.05, 3.63) is 24.3 Å². The SMILES string of the molecule is CCC1CCCCN1C(=O)COc1ccc(NC)cc1. The Bertz CT molecular complexity index is 431. The maximum absolute atomic E-state index is 12.3. The number of carbonyl (C=O) groups is 1. The molecule has 1 fully saturated rings. The smallest absolute Gasteiger partial charge is 0.260 e. The molecule has 1 aliphatic rings. The van der Waals surface area contributed by atoms with E-state index >= 15 is 0 Å². The first kappa shape index (κ1) is 14.7. The summed E-state index contributed by atoms with van der Waals surface area (Å²) < 4.78 is 5.59. The van der Waals surface area contributed by atoms with Gasteiger partial charge in [0.15, 0.2) is 6.61 Å². The van der Waals surface area contributed by atoms with Crippen LogP contribution >= 0.6 is 0 Å². The van der Waals surface area contributed by atoms with E-state index in [0.717, 1.165) is 37.2 Å². The van der Waals surface area contributed by atoms with Crippen molar-refractivity contribution in [2.24, 2.45) is 0 Å². The van der Waals surface area contributed by atoms with Gasteiger partial charge in [-0.25, -0.2) is 0 Å². The van der Waals surface area contributed by atoms with Gasteiger partial charge < -0.3 is 15.0 Å². The predicted molar refractivity (Wildman–Crippen MR) is 81.1 cm³/mol. The minimum atomic E-state index is 0.106. The average molecular weight is 276 g/mol. The number of carbonyl (C=O) groups excluding carboxylic acids is 1. The zero-order chi connectivity index (χ0) is 14.4. The Morgan fingerprint density at radius 3 is 2.75 bits per heavy atom. The van der Waals surface area contributed by atoms with E-state index in [9.17, 15) is 4.79 Å². The van der Waals surface area contributed by atoms with Crippen LogP contribution in [0.25, 0.3) is 0 Å². The maximum Gasteiger partial charge on any atom is 0.260 e. The van der Waals surface area contributed by atoms with Gasteiger partial charge in [-0.2, -0.15) is 0 Å². The van der Waals surface area contributed by atoms with Crippen LogP contribution in [0.3, 0.4) is 0 Å². The zero-order valence-corrected chi connectivity index (χ0v) is 12.4. The molecule has 110 valence electrons. The van der Waals surface area contributed by atoms with Crippen LogP contribution in [-0.4, -0.2) is 37.0 Å².